The highest BCUT2D eigenvalue weighted by atomic mass is 35.5. The van der Waals surface area contributed by atoms with Gasteiger partial charge in [-0.05, 0) is 44.2 Å². The predicted molar refractivity (Wildman–Crippen MR) is 152 cm³/mol. The molecule has 0 bridgehead atoms. The minimum absolute atomic E-state index is 0.00950. The van der Waals surface area contributed by atoms with E-state index in [0.29, 0.717) is 23.1 Å². The van der Waals surface area contributed by atoms with E-state index in [-0.39, 0.29) is 13.0 Å². The first kappa shape index (κ1) is 28.7. The second-order valence-corrected chi connectivity index (χ2v) is 14.7. The molecule has 3 aromatic rings. The maximum Gasteiger partial charge on any atom is 0.265 e. The summed E-state index contributed by atoms with van der Waals surface area (Å²) < 4.78 is 64.2. The van der Waals surface area contributed by atoms with E-state index < -0.39 is 25.5 Å². The normalized spacial score (nSPS) is 17.2. The standard InChI is InChI=1S/C23H24Cl2N2O6S4/c1-3-36(28,29)33-11-10-27-19-13-17(25)5-7-21(19)35-23(27)14-22-26(9-8-15(2)37(30,31)32)18-12-16(24)4-6-20(18)34-22/h3-7,12-15H,8-11H2,1-2H3,(H-,28,29,30,31,32). The summed E-state index contributed by atoms with van der Waals surface area (Å²) in [6.45, 7) is 3.45. The summed E-state index contributed by atoms with van der Waals surface area (Å²) in [6.07, 6.45) is 2.11. The molecule has 0 saturated heterocycles. The Balaban J connectivity index is 1.74. The average Bonchev–Trinajstić information content (AvgIpc) is 3.33. The van der Waals surface area contributed by atoms with Gasteiger partial charge in [-0.1, -0.05) is 46.3 Å². The number of benzene rings is 2. The monoisotopic (exact) mass is 622 g/mol. The topological polar surface area (TPSA) is 111 Å². The summed E-state index contributed by atoms with van der Waals surface area (Å²) in [6, 6.07) is 11.0. The molecular formula is C23H24Cl2N2O6S4. The minimum atomic E-state index is -4.41. The highest BCUT2D eigenvalue weighted by Gasteiger charge is 2.29. The fourth-order valence-corrected chi connectivity index (χ4v) is 7.16. The fraction of sp³-hybridized carbons (Fsp3) is 0.304. The predicted octanol–water partition coefficient (Wildman–Crippen LogP) is 5.24. The third kappa shape index (κ3) is 6.81. The second kappa shape index (κ2) is 11.4. The van der Waals surface area contributed by atoms with Crippen LogP contribution in [0.5, 0.6) is 0 Å². The number of hydrogen-bond donors (Lipinski definition) is 1. The SMILES string of the molecule is CC=S(=O)(O)OCCN1C(=Cc2sc3ccc(Cl)cc3[n+]2CCC(C)S(=O)(=O)[O-])Sc2ccc(Cl)cc21. The molecule has 2 aromatic carbocycles. The molecule has 2 heterocycles. The van der Waals surface area contributed by atoms with E-state index in [9.17, 15) is 21.7 Å². The van der Waals surface area contributed by atoms with Crippen molar-refractivity contribution >= 4 is 93.8 Å². The van der Waals surface area contributed by atoms with Gasteiger partial charge in [-0.15, -0.1) is 0 Å². The molecule has 0 radical (unpaired) electrons. The Hall–Kier alpha value is -1.35. The van der Waals surface area contributed by atoms with Crippen LogP contribution in [0.4, 0.5) is 5.69 Å². The van der Waals surface area contributed by atoms with Crippen molar-refractivity contribution in [3.05, 3.63) is 56.5 Å². The van der Waals surface area contributed by atoms with Crippen molar-refractivity contribution in [2.75, 3.05) is 18.1 Å². The molecule has 1 aromatic heterocycles. The van der Waals surface area contributed by atoms with Gasteiger partial charge in [0, 0.05) is 39.3 Å². The molecule has 2 unspecified atom stereocenters. The summed E-state index contributed by atoms with van der Waals surface area (Å²) in [5.74, 6) is 0. The molecule has 37 heavy (non-hydrogen) atoms. The maximum absolute atomic E-state index is 11.9. The van der Waals surface area contributed by atoms with Crippen LogP contribution in [-0.4, -0.2) is 45.5 Å². The van der Waals surface area contributed by atoms with Gasteiger partial charge >= 0.3 is 0 Å². The Labute approximate surface area is 234 Å². The number of halogens is 2. The number of aryl methyl sites for hydroxylation is 1. The van der Waals surface area contributed by atoms with Crippen LogP contribution < -0.4 is 9.47 Å². The van der Waals surface area contributed by atoms with Crippen LogP contribution in [0.1, 0.15) is 25.3 Å². The van der Waals surface area contributed by atoms with Crippen LogP contribution >= 0.6 is 46.3 Å². The molecular weight excluding hydrogens is 599 g/mol. The number of aromatic nitrogens is 1. The molecule has 0 saturated carbocycles. The van der Waals surface area contributed by atoms with E-state index in [4.69, 9.17) is 27.4 Å². The van der Waals surface area contributed by atoms with Crippen molar-refractivity contribution in [3.8, 4) is 0 Å². The zero-order chi connectivity index (χ0) is 27.0. The molecule has 1 N–H and O–H groups in total. The van der Waals surface area contributed by atoms with Gasteiger partial charge in [-0.3, -0.25) is 8.74 Å². The van der Waals surface area contributed by atoms with Gasteiger partial charge in [-0.2, -0.15) is 4.57 Å². The Kier molecular flexibility index (Phi) is 8.83. The largest absolute Gasteiger partial charge is 0.748 e. The first-order chi connectivity index (χ1) is 17.4. The lowest BCUT2D eigenvalue weighted by Gasteiger charge is -2.20. The molecule has 0 fully saturated rings. The Bertz CT molecular complexity index is 1600. The van der Waals surface area contributed by atoms with Gasteiger partial charge in [-0.25, -0.2) is 12.6 Å². The van der Waals surface area contributed by atoms with Crippen LogP contribution in [0, 0.1) is 0 Å². The van der Waals surface area contributed by atoms with Gasteiger partial charge in [0.25, 0.3) is 5.01 Å². The van der Waals surface area contributed by atoms with E-state index in [0.717, 1.165) is 36.2 Å². The fourth-order valence-electron chi connectivity index (χ4n) is 3.70. The zero-order valence-electron chi connectivity index (χ0n) is 19.8. The number of anilines is 1. The van der Waals surface area contributed by atoms with Crippen LogP contribution in [0.3, 0.4) is 0 Å². The number of fused-ring (bicyclic) bond motifs is 2. The number of nitrogens with zero attached hydrogens (tertiary/aromatic N) is 2. The van der Waals surface area contributed by atoms with Crippen molar-refractivity contribution in [1.29, 1.82) is 0 Å². The highest BCUT2D eigenvalue weighted by molar-refractivity contribution is 8.04. The van der Waals surface area contributed by atoms with Crippen LogP contribution in [0.25, 0.3) is 16.3 Å². The van der Waals surface area contributed by atoms with Crippen molar-refractivity contribution < 1.29 is 30.5 Å². The van der Waals surface area contributed by atoms with Crippen molar-refractivity contribution in [2.45, 2.75) is 37.0 Å². The second-order valence-electron chi connectivity index (χ2n) is 8.22. The number of thioether (sulfide) groups is 1. The van der Waals surface area contributed by atoms with E-state index in [2.05, 4.69) is 0 Å². The lowest BCUT2D eigenvalue weighted by molar-refractivity contribution is -0.669. The Morgan fingerprint density at radius 3 is 2.59 bits per heavy atom. The lowest BCUT2D eigenvalue weighted by Crippen LogP contribution is -2.38. The molecule has 1 aliphatic rings. The van der Waals surface area contributed by atoms with Crippen LogP contribution in [-0.2, 0) is 30.9 Å². The first-order valence-electron chi connectivity index (χ1n) is 11.1. The van der Waals surface area contributed by atoms with Gasteiger partial charge in [0.1, 0.15) is 4.70 Å². The maximum atomic E-state index is 11.9. The molecule has 200 valence electrons. The smallest absolute Gasteiger partial charge is 0.265 e. The molecule has 1 aliphatic heterocycles. The minimum Gasteiger partial charge on any atom is -0.748 e. The summed E-state index contributed by atoms with van der Waals surface area (Å²) in [7, 11) is -7.89. The van der Waals surface area contributed by atoms with Crippen molar-refractivity contribution in [2.24, 2.45) is 0 Å². The Morgan fingerprint density at radius 2 is 1.89 bits per heavy atom. The molecule has 2 atom stereocenters. The summed E-state index contributed by atoms with van der Waals surface area (Å²) >= 11 is 15.5. The van der Waals surface area contributed by atoms with Gasteiger partial charge < -0.3 is 9.45 Å². The lowest BCUT2D eigenvalue weighted by atomic mass is 10.3. The van der Waals surface area contributed by atoms with Crippen LogP contribution in [0.15, 0.2) is 46.3 Å². The third-order valence-electron chi connectivity index (χ3n) is 5.75. The van der Waals surface area contributed by atoms with Crippen molar-refractivity contribution in [3.63, 3.8) is 0 Å². The number of thiazole rings is 1. The summed E-state index contributed by atoms with van der Waals surface area (Å²) in [4.78, 5) is 2.92. The van der Waals surface area contributed by atoms with E-state index >= 15 is 0 Å². The number of rotatable bonds is 9. The molecule has 0 aliphatic carbocycles. The zero-order valence-corrected chi connectivity index (χ0v) is 24.6. The van der Waals surface area contributed by atoms with Gasteiger partial charge in [0.15, 0.2) is 16.6 Å². The number of hydrogen-bond acceptors (Lipinski definition) is 8. The van der Waals surface area contributed by atoms with E-state index in [1.807, 2.05) is 39.8 Å². The summed E-state index contributed by atoms with van der Waals surface area (Å²) in [5, 5.41) is 2.83. The third-order valence-corrected chi connectivity index (χ3v) is 10.8. The van der Waals surface area contributed by atoms with Gasteiger partial charge in [0.05, 0.1) is 38.8 Å². The molecule has 4 rings (SSSR count). The van der Waals surface area contributed by atoms with E-state index in [1.165, 1.54) is 36.9 Å². The average molecular weight is 624 g/mol. The quantitative estimate of drug-likeness (QED) is 0.196. The summed E-state index contributed by atoms with van der Waals surface area (Å²) in [5.41, 5.74) is 1.68. The van der Waals surface area contributed by atoms with Crippen molar-refractivity contribution in [1.82, 2.24) is 0 Å². The van der Waals surface area contributed by atoms with Gasteiger partial charge in [0.2, 0.25) is 5.52 Å². The van der Waals surface area contributed by atoms with E-state index in [1.54, 1.807) is 12.1 Å². The molecule has 0 amide bonds. The van der Waals surface area contributed by atoms with Crippen LogP contribution in [0.2, 0.25) is 10.0 Å². The first-order valence-corrected chi connectivity index (χ1v) is 16.5. The highest BCUT2D eigenvalue weighted by Crippen LogP contribution is 2.47. The molecule has 0 spiro atoms. The molecule has 8 nitrogen and oxygen atoms in total. The molecule has 14 heteroatoms. The Morgan fingerprint density at radius 1 is 1.19 bits per heavy atom.